The van der Waals surface area contributed by atoms with Gasteiger partial charge >= 0.3 is 0 Å². The number of aromatic nitrogens is 1. The number of nitrogens with zero attached hydrogens (tertiary/aromatic N) is 1. The predicted molar refractivity (Wildman–Crippen MR) is 113 cm³/mol. The summed E-state index contributed by atoms with van der Waals surface area (Å²) < 4.78 is 8.36. The lowest BCUT2D eigenvalue weighted by molar-refractivity contribution is 0.112. The third kappa shape index (κ3) is 1.96. The molecule has 0 aliphatic rings. The molecule has 132 valence electrons. The summed E-state index contributed by atoms with van der Waals surface area (Å²) >= 11 is 0. The van der Waals surface area contributed by atoms with Crippen LogP contribution in [0.3, 0.4) is 0 Å². The molecule has 6 rings (SSSR count). The van der Waals surface area contributed by atoms with Crippen LogP contribution in [-0.4, -0.2) is 10.9 Å². The molecule has 3 nitrogen and oxygen atoms in total. The molecule has 4 aromatic carbocycles. The lowest BCUT2D eigenvalue weighted by atomic mass is 10.1. The Morgan fingerprint density at radius 2 is 1.50 bits per heavy atom. The van der Waals surface area contributed by atoms with Crippen molar-refractivity contribution in [1.29, 1.82) is 0 Å². The molecule has 0 saturated heterocycles. The maximum Gasteiger partial charge on any atom is 0.150 e. The zero-order chi connectivity index (χ0) is 18.7. The molecule has 3 heteroatoms. The molecule has 0 amide bonds. The van der Waals surface area contributed by atoms with E-state index in [1.54, 1.807) is 0 Å². The minimum absolute atomic E-state index is 0.667. The molecule has 0 spiro atoms. The van der Waals surface area contributed by atoms with Crippen molar-refractivity contribution in [3.8, 4) is 5.69 Å². The fourth-order valence-electron chi connectivity index (χ4n) is 4.25. The van der Waals surface area contributed by atoms with Crippen molar-refractivity contribution in [3.63, 3.8) is 0 Å². The molecule has 0 radical (unpaired) electrons. The van der Waals surface area contributed by atoms with Crippen molar-refractivity contribution >= 4 is 50.0 Å². The van der Waals surface area contributed by atoms with Crippen molar-refractivity contribution in [3.05, 3.63) is 90.5 Å². The molecule has 0 aliphatic carbocycles. The van der Waals surface area contributed by atoms with Gasteiger partial charge in [0.05, 0.1) is 16.4 Å². The molecular weight excluding hydrogens is 346 g/mol. The van der Waals surface area contributed by atoms with Crippen molar-refractivity contribution in [2.75, 3.05) is 0 Å². The highest BCUT2D eigenvalue weighted by Crippen LogP contribution is 2.40. The second-order valence-corrected chi connectivity index (χ2v) is 7.00. The van der Waals surface area contributed by atoms with Gasteiger partial charge in [-0.05, 0) is 36.4 Å². The van der Waals surface area contributed by atoms with Crippen LogP contribution in [0.2, 0.25) is 0 Å². The highest BCUT2D eigenvalue weighted by Gasteiger charge is 2.18. The molecule has 0 aliphatic heterocycles. The van der Waals surface area contributed by atoms with Gasteiger partial charge in [0.1, 0.15) is 17.5 Å². The van der Waals surface area contributed by atoms with Gasteiger partial charge in [-0.25, -0.2) is 0 Å². The number of fused-ring (bicyclic) bond motifs is 7. The van der Waals surface area contributed by atoms with E-state index in [4.69, 9.17) is 4.42 Å². The monoisotopic (exact) mass is 361 g/mol. The first-order valence-electron chi connectivity index (χ1n) is 9.24. The van der Waals surface area contributed by atoms with Gasteiger partial charge in [-0.2, -0.15) is 0 Å². The van der Waals surface area contributed by atoms with Crippen LogP contribution in [0.4, 0.5) is 0 Å². The highest BCUT2D eigenvalue weighted by molar-refractivity contribution is 6.24. The Morgan fingerprint density at radius 1 is 0.714 bits per heavy atom. The van der Waals surface area contributed by atoms with E-state index in [9.17, 15) is 4.79 Å². The van der Waals surface area contributed by atoms with E-state index in [0.29, 0.717) is 5.56 Å². The Labute approximate surface area is 160 Å². The summed E-state index contributed by atoms with van der Waals surface area (Å²) in [6, 6.07) is 28.4. The topological polar surface area (TPSA) is 35.1 Å². The standard InChI is InChI=1S/C25H15NO2/c27-15-16-10-11-18-19-12-13-23-24(20-8-4-5-9-22(20)28-23)25(19)26(21(18)14-16)17-6-2-1-3-7-17/h1-15H. The van der Waals surface area contributed by atoms with Gasteiger partial charge in [0.2, 0.25) is 0 Å². The zero-order valence-corrected chi connectivity index (χ0v) is 14.9. The number of hydrogen-bond acceptors (Lipinski definition) is 2. The first-order valence-corrected chi connectivity index (χ1v) is 9.24. The van der Waals surface area contributed by atoms with Crippen molar-refractivity contribution in [2.24, 2.45) is 0 Å². The van der Waals surface area contributed by atoms with Gasteiger partial charge in [-0.15, -0.1) is 0 Å². The number of carbonyl (C=O) groups is 1. The molecule has 0 saturated carbocycles. The Morgan fingerprint density at radius 3 is 2.36 bits per heavy atom. The van der Waals surface area contributed by atoms with E-state index >= 15 is 0 Å². The molecule has 0 N–H and O–H groups in total. The molecule has 0 atom stereocenters. The summed E-state index contributed by atoms with van der Waals surface area (Å²) in [6.07, 6.45) is 0.898. The highest BCUT2D eigenvalue weighted by atomic mass is 16.3. The number of benzene rings is 4. The second-order valence-electron chi connectivity index (χ2n) is 7.00. The number of para-hydroxylation sites is 2. The average molecular weight is 361 g/mol. The van der Waals surface area contributed by atoms with Crippen molar-refractivity contribution < 1.29 is 9.21 Å². The Bertz CT molecular complexity index is 1520. The molecule has 2 heterocycles. The fourth-order valence-corrected chi connectivity index (χ4v) is 4.25. The summed E-state index contributed by atoms with van der Waals surface area (Å²) in [4.78, 5) is 11.4. The van der Waals surface area contributed by atoms with E-state index in [-0.39, 0.29) is 0 Å². The molecule has 0 fully saturated rings. The van der Waals surface area contributed by atoms with Gasteiger partial charge in [-0.3, -0.25) is 4.79 Å². The fraction of sp³-hybridized carbons (Fsp3) is 0. The van der Waals surface area contributed by atoms with E-state index in [0.717, 1.165) is 55.7 Å². The van der Waals surface area contributed by atoms with E-state index in [2.05, 4.69) is 28.8 Å². The summed E-state index contributed by atoms with van der Waals surface area (Å²) in [5, 5.41) is 4.46. The van der Waals surface area contributed by atoms with Crippen LogP contribution < -0.4 is 0 Å². The van der Waals surface area contributed by atoms with Crippen LogP contribution in [0.1, 0.15) is 10.4 Å². The normalized spacial score (nSPS) is 11.7. The first kappa shape index (κ1) is 15.2. The largest absolute Gasteiger partial charge is 0.456 e. The number of hydrogen-bond donors (Lipinski definition) is 0. The number of furan rings is 1. The van der Waals surface area contributed by atoms with Crippen LogP contribution in [0, 0.1) is 0 Å². The summed E-state index contributed by atoms with van der Waals surface area (Å²) in [5.41, 5.74) is 5.59. The summed E-state index contributed by atoms with van der Waals surface area (Å²) in [6.45, 7) is 0. The molecule has 0 unspecified atom stereocenters. The number of rotatable bonds is 2. The van der Waals surface area contributed by atoms with Gasteiger partial charge in [0, 0.05) is 27.4 Å². The van der Waals surface area contributed by atoms with Crippen LogP contribution in [-0.2, 0) is 0 Å². The third-order valence-electron chi connectivity index (χ3n) is 5.44. The van der Waals surface area contributed by atoms with E-state index in [1.165, 1.54) is 0 Å². The minimum Gasteiger partial charge on any atom is -0.456 e. The van der Waals surface area contributed by atoms with Gasteiger partial charge in [-0.1, -0.05) is 48.5 Å². The molecule has 6 aromatic rings. The quantitative estimate of drug-likeness (QED) is 0.330. The molecule has 0 bridgehead atoms. The summed E-state index contributed by atoms with van der Waals surface area (Å²) in [7, 11) is 0. The Kier molecular flexibility index (Phi) is 3.03. The minimum atomic E-state index is 0.667. The van der Waals surface area contributed by atoms with Gasteiger partial charge < -0.3 is 8.98 Å². The maximum absolute atomic E-state index is 11.4. The maximum atomic E-state index is 11.4. The van der Waals surface area contributed by atoms with Crippen molar-refractivity contribution in [1.82, 2.24) is 4.57 Å². The van der Waals surface area contributed by atoms with Crippen molar-refractivity contribution in [2.45, 2.75) is 0 Å². The third-order valence-corrected chi connectivity index (χ3v) is 5.44. The number of aldehydes is 1. The first-order chi connectivity index (χ1) is 13.8. The van der Waals surface area contributed by atoms with Gasteiger partial charge in [0.25, 0.3) is 0 Å². The Hall–Kier alpha value is -3.85. The SMILES string of the molecule is O=Cc1ccc2c3ccc4oc5ccccc5c4c3n(-c3ccccc3)c2c1. The van der Waals surface area contributed by atoms with Crippen LogP contribution in [0.15, 0.2) is 89.3 Å². The number of carbonyl (C=O) groups excluding carboxylic acids is 1. The zero-order valence-electron chi connectivity index (χ0n) is 14.9. The lowest BCUT2D eigenvalue weighted by Crippen LogP contribution is -1.94. The van der Waals surface area contributed by atoms with Gasteiger partial charge in [0.15, 0.2) is 0 Å². The molecular formula is C25H15NO2. The van der Waals surface area contributed by atoms with E-state index in [1.807, 2.05) is 60.7 Å². The molecule has 28 heavy (non-hydrogen) atoms. The Balaban J connectivity index is 1.94. The van der Waals surface area contributed by atoms with E-state index < -0.39 is 0 Å². The van der Waals surface area contributed by atoms with Crippen LogP contribution >= 0.6 is 0 Å². The smallest absolute Gasteiger partial charge is 0.150 e. The molecule has 2 aromatic heterocycles. The second kappa shape index (κ2) is 5.57. The summed E-state index contributed by atoms with van der Waals surface area (Å²) in [5.74, 6) is 0. The predicted octanol–water partition coefficient (Wildman–Crippen LogP) is 6.50. The van der Waals surface area contributed by atoms with Crippen LogP contribution in [0.5, 0.6) is 0 Å². The van der Waals surface area contributed by atoms with Crippen LogP contribution in [0.25, 0.3) is 49.4 Å². The average Bonchev–Trinajstić information content (AvgIpc) is 3.29. The lowest BCUT2D eigenvalue weighted by Gasteiger charge is -2.08.